The topological polar surface area (TPSA) is 33.2 Å². The predicted octanol–water partition coefficient (Wildman–Crippen LogP) is 4.68. The quantitative estimate of drug-likeness (QED) is 0.629. The largest absolute Gasteiger partial charge is 0.338 e. The average Bonchev–Trinajstić information content (AvgIpc) is 3.08. The zero-order valence-corrected chi connectivity index (χ0v) is 15.1. The Morgan fingerprint density at radius 3 is 2.54 bits per heavy atom. The van der Waals surface area contributed by atoms with Crippen molar-refractivity contribution >= 4 is 17.2 Å². The fourth-order valence-corrected chi connectivity index (χ4v) is 3.46. The number of carbonyl (C=O) groups excluding carboxylic acids is 1. The van der Waals surface area contributed by atoms with Gasteiger partial charge in [0.1, 0.15) is 16.6 Å². The molecular weight excluding hydrogens is 354 g/mol. The highest BCUT2D eigenvalue weighted by Crippen LogP contribution is 2.24. The minimum atomic E-state index is -0.317. The monoisotopic (exact) mass is 372 g/mol. The molecule has 0 fully saturated rings. The van der Waals surface area contributed by atoms with Crippen molar-refractivity contribution in [1.29, 1.82) is 0 Å². The van der Waals surface area contributed by atoms with E-state index in [1.54, 1.807) is 29.2 Å². The Balaban J connectivity index is 1.68. The van der Waals surface area contributed by atoms with E-state index in [1.807, 2.05) is 12.3 Å². The zero-order valence-electron chi connectivity index (χ0n) is 14.3. The maximum Gasteiger partial charge on any atom is 0.228 e. The molecule has 0 spiro atoms. The molecule has 1 aromatic heterocycles. The Labute approximate surface area is 154 Å². The molecule has 1 heterocycles. The predicted molar refractivity (Wildman–Crippen MR) is 98.7 cm³/mol. The number of carbonyl (C=O) groups is 1. The van der Waals surface area contributed by atoms with Gasteiger partial charge < -0.3 is 4.90 Å². The Kier molecular flexibility index (Phi) is 5.73. The van der Waals surface area contributed by atoms with Crippen LogP contribution in [-0.2, 0) is 17.8 Å². The Hall–Kier alpha value is -2.60. The maximum absolute atomic E-state index is 13.3. The number of benzene rings is 2. The minimum Gasteiger partial charge on any atom is -0.338 e. The molecule has 0 atom stereocenters. The minimum absolute atomic E-state index is 0.0761. The van der Waals surface area contributed by atoms with Crippen molar-refractivity contribution in [3.05, 3.63) is 76.8 Å². The van der Waals surface area contributed by atoms with Crippen LogP contribution in [0.2, 0.25) is 0 Å². The maximum atomic E-state index is 13.3. The molecule has 1 amide bonds. The molecule has 3 nitrogen and oxygen atoms in total. The highest BCUT2D eigenvalue weighted by molar-refractivity contribution is 7.13. The summed E-state index contributed by atoms with van der Waals surface area (Å²) in [5, 5.41) is 2.49. The van der Waals surface area contributed by atoms with E-state index in [1.165, 1.54) is 35.6 Å². The van der Waals surface area contributed by atoms with Crippen molar-refractivity contribution < 1.29 is 13.6 Å². The summed E-state index contributed by atoms with van der Waals surface area (Å²) in [6.07, 6.45) is 0.162. The molecule has 0 saturated carbocycles. The molecule has 134 valence electrons. The number of hydrogen-bond donors (Lipinski definition) is 0. The number of likely N-dealkylation sites (N-methyl/N-ethyl adjacent to an activating group) is 1. The van der Waals surface area contributed by atoms with Gasteiger partial charge >= 0.3 is 0 Å². The van der Waals surface area contributed by atoms with Gasteiger partial charge in [-0.05, 0) is 36.8 Å². The van der Waals surface area contributed by atoms with Crippen LogP contribution < -0.4 is 0 Å². The zero-order chi connectivity index (χ0) is 18.5. The van der Waals surface area contributed by atoms with E-state index in [9.17, 15) is 13.6 Å². The molecule has 0 aliphatic heterocycles. The van der Waals surface area contributed by atoms with Gasteiger partial charge in [-0.3, -0.25) is 4.79 Å². The Bertz CT molecular complexity index is 910. The van der Waals surface area contributed by atoms with Crippen LogP contribution in [0.5, 0.6) is 0 Å². The fraction of sp³-hybridized carbons (Fsp3) is 0.200. The van der Waals surface area contributed by atoms with Gasteiger partial charge in [-0.25, -0.2) is 13.8 Å². The number of rotatable bonds is 6. The van der Waals surface area contributed by atoms with Crippen LogP contribution in [0.3, 0.4) is 0 Å². The van der Waals surface area contributed by atoms with Gasteiger partial charge in [0.2, 0.25) is 5.91 Å². The lowest BCUT2D eigenvalue weighted by molar-refractivity contribution is -0.130. The molecule has 3 rings (SSSR count). The Morgan fingerprint density at radius 2 is 1.85 bits per heavy atom. The first-order chi connectivity index (χ1) is 12.5. The first kappa shape index (κ1) is 18.2. The van der Waals surface area contributed by atoms with Gasteiger partial charge in [-0.1, -0.05) is 24.3 Å². The summed E-state index contributed by atoms with van der Waals surface area (Å²) in [4.78, 5) is 18.7. The summed E-state index contributed by atoms with van der Waals surface area (Å²) in [7, 11) is 0. The average molecular weight is 372 g/mol. The standard InChI is InChI=1S/C20H18F2N2OS/c1-2-24(12-14-5-3-7-16(21)9-14)19(25)11-18-13-26-20(23-18)15-6-4-8-17(22)10-15/h3-10,13H,2,11-12H2,1H3. The smallest absolute Gasteiger partial charge is 0.228 e. The number of amides is 1. The summed E-state index contributed by atoms with van der Waals surface area (Å²) in [6, 6.07) is 12.5. The van der Waals surface area contributed by atoms with E-state index >= 15 is 0 Å². The van der Waals surface area contributed by atoms with Crippen LogP contribution in [-0.4, -0.2) is 22.3 Å². The van der Waals surface area contributed by atoms with Crippen LogP contribution >= 0.6 is 11.3 Å². The van der Waals surface area contributed by atoms with E-state index in [0.717, 1.165) is 5.56 Å². The number of aromatic nitrogens is 1. The molecule has 0 unspecified atom stereocenters. The van der Waals surface area contributed by atoms with Gasteiger partial charge in [-0.15, -0.1) is 11.3 Å². The number of nitrogens with zero attached hydrogens (tertiary/aromatic N) is 2. The van der Waals surface area contributed by atoms with Crippen molar-refractivity contribution in [1.82, 2.24) is 9.88 Å². The molecule has 0 radical (unpaired) electrons. The van der Waals surface area contributed by atoms with Crippen LogP contribution in [0.25, 0.3) is 10.6 Å². The van der Waals surface area contributed by atoms with Crippen LogP contribution in [0, 0.1) is 11.6 Å². The third kappa shape index (κ3) is 4.52. The van der Waals surface area contributed by atoms with Crippen molar-refractivity contribution in [2.24, 2.45) is 0 Å². The second-order valence-corrected chi connectivity index (χ2v) is 6.73. The second kappa shape index (κ2) is 8.19. The van der Waals surface area contributed by atoms with Crippen molar-refractivity contribution in [3.8, 4) is 10.6 Å². The summed E-state index contributed by atoms with van der Waals surface area (Å²) >= 11 is 1.38. The van der Waals surface area contributed by atoms with Crippen molar-refractivity contribution in [3.63, 3.8) is 0 Å². The molecule has 0 N–H and O–H groups in total. The summed E-state index contributed by atoms with van der Waals surface area (Å²) < 4.78 is 26.7. The first-order valence-corrected chi connectivity index (χ1v) is 9.15. The van der Waals surface area contributed by atoms with Crippen LogP contribution in [0.4, 0.5) is 8.78 Å². The molecule has 0 aliphatic rings. The van der Waals surface area contributed by atoms with Gasteiger partial charge in [0.05, 0.1) is 12.1 Å². The lowest BCUT2D eigenvalue weighted by Crippen LogP contribution is -2.31. The second-order valence-electron chi connectivity index (χ2n) is 5.87. The lowest BCUT2D eigenvalue weighted by atomic mass is 10.2. The van der Waals surface area contributed by atoms with Crippen LogP contribution in [0.15, 0.2) is 53.9 Å². The molecule has 6 heteroatoms. The molecule has 2 aromatic carbocycles. The van der Waals surface area contributed by atoms with E-state index in [-0.39, 0.29) is 24.0 Å². The van der Waals surface area contributed by atoms with E-state index < -0.39 is 0 Å². The molecule has 3 aromatic rings. The number of thiazole rings is 1. The fourth-order valence-electron chi connectivity index (χ4n) is 2.64. The highest BCUT2D eigenvalue weighted by Gasteiger charge is 2.15. The Morgan fingerprint density at radius 1 is 1.12 bits per heavy atom. The van der Waals surface area contributed by atoms with Crippen molar-refractivity contribution in [2.45, 2.75) is 19.9 Å². The van der Waals surface area contributed by atoms with Crippen LogP contribution in [0.1, 0.15) is 18.2 Å². The molecule has 26 heavy (non-hydrogen) atoms. The van der Waals surface area contributed by atoms with E-state index in [4.69, 9.17) is 0 Å². The lowest BCUT2D eigenvalue weighted by Gasteiger charge is -2.20. The molecule has 0 bridgehead atoms. The summed E-state index contributed by atoms with van der Waals surface area (Å²) in [5.74, 6) is -0.708. The molecular formula is C20H18F2N2OS. The van der Waals surface area contributed by atoms with Crippen molar-refractivity contribution in [2.75, 3.05) is 6.54 Å². The SMILES string of the molecule is CCN(Cc1cccc(F)c1)C(=O)Cc1csc(-c2cccc(F)c2)n1. The highest BCUT2D eigenvalue weighted by atomic mass is 32.1. The number of halogens is 2. The van der Waals surface area contributed by atoms with Gasteiger partial charge in [0.15, 0.2) is 0 Å². The molecule has 0 aliphatic carbocycles. The van der Waals surface area contributed by atoms with E-state index in [0.29, 0.717) is 29.4 Å². The third-order valence-electron chi connectivity index (χ3n) is 3.95. The first-order valence-electron chi connectivity index (χ1n) is 8.27. The van der Waals surface area contributed by atoms with Gasteiger partial charge in [0, 0.05) is 24.0 Å². The normalized spacial score (nSPS) is 10.7. The molecule has 0 saturated heterocycles. The van der Waals surface area contributed by atoms with E-state index in [2.05, 4.69) is 4.98 Å². The third-order valence-corrected chi connectivity index (χ3v) is 4.89. The summed E-state index contributed by atoms with van der Waals surface area (Å²) in [6.45, 7) is 2.76. The summed E-state index contributed by atoms with van der Waals surface area (Å²) in [5.41, 5.74) is 2.09. The van der Waals surface area contributed by atoms with Gasteiger partial charge in [-0.2, -0.15) is 0 Å². The van der Waals surface area contributed by atoms with Gasteiger partial charge in [0.25, 0.3) is 0 Å². The number of hydrogen-bond acceptors (Lipinski definition) is 3.